The third kappa shape index (κ3) is 7.96. The van der Waals surface area contributed by atoms with Crippen LogP contribution in [0.25, 0.3) is 6.08 Å². The standard InChI is InChI=1S/C27H20ClF4N3O4/c1-2-38-23-12-16(10-17(14-33)26(37)34-19-7-5-6-18(13-19)27(30,31)32)11-20(28)25(23)39-15-24(36)35-22-9-4-3-8-21(22)29/h3-13H,2,15H2,1H3,(H,34,37)(H,35,36)/b17-10+. The summed E-state index contributed by atoms with van der Waals surface area (Å²) < 4.78 is 63.6. The van der Waals surface area contributed by atoms with E-state index < -0.39 is 41.6 Å². The fourth-order valence-electron chi connectivity index (χ4n) is 3.25. The van der Waals surface area contributed by atoms with E-state index in [1.165, 1.54) is 36.4 Å². The number of hydrogen-bond acceptors (Lipinski definition) is 5. The van der Waals surface area contributed by atoms with Crippen molar-refractivity contribution in [3.8, 4) is 17.6 Å². The lowest BCUT2D eigenvalue weighted by atomic mass is 10.1. The zero-order valence-electron chi connectivity index (χ0n) is 20.2. The van der Waals surface area contributed by atoms with Crippen molar-refractivity contribution in [2.45, 2.75) is 13.1 Å². The average molecular weight is 562 g/mol. The first-order valence-electron chi connectivity index (χ1n) is 11.3. The Morgan fingerprint density at radius 1 is 1.05 bits per heavy atom. The fourth-order valence-corrected chi connectivity index (χ4v) is 3.52. The van der Waals surface area contributed by atoms with Gasteiger partial charge in [0.1, 0.15) is 17.5 Å². The molecule has 0 fully saturated rings. The van der Waals surface area contributed by atoms with Gasteiger partial charge in [-0.15, -0.1) is 0 Å². The highest BCUT2D eigenvalue weighted by molar-refractivity contribution is 6.32. The highest BCUT2D eigenvalue weighted by atomic mass is 35.5. The molecule has 0 aliphatic carbocycles. The number of rotatable bonds is 9. The molecule has 0 saturated heterocycles. The molecule has 3 aromatic rings. The highest BCUT2D eigenvalue weighted by Gasteiger charge is 2.30. The second kappa shape index (κ2) is 12.8. The maximum atomic E-state index is 13.8. The van der Waals surface area contributed by atoms with Crippen molar-refractivity contribution >= 4 is 40.9 Å². The summed E-state index contributed by atoms with van der Waals surface area (Å²) in [6.07, 6.45) is -3.45. The van der Waals surface area contributed by atoms with E-state index in [0.717, 1.165) is 24.3 Å². The molecule has 3 aromatic carbocycles. The zero-order chi connectivity index (χ0) is 28.6. The summed E-state index contributed by atoms with van der Waals surface area (Å²) in [6.45, 7) is 1.31. The van der Waals surface area contributed by atoms with Gasteiger partial charge in [0.2, 0.25) is 0 Å². The molecule has 39 heavy (non-hydrogen) atoms. The number of amides is 2. The molecule has 202 valence electrons. The van der Waals surface area contributed by atoms with Gasteiger partial charge >= 0.3 is 6.18 Å². The number of ether oxygens (including phenoxy) is 2. The van der Waals surface area contributed by atoms with Crippen LogP contribution < -0.4 is 20.1 Å². The summed E-state index contributed by atoms with van der Waals surface area (Å²) in [5.74, 6) is -2.16. The lowest BCUT2D eigenvalue weighted by molar-refractivity contribution is -0.137. The Labute approximate surface area is 225 Å². The second-order valence-electron chi connectivity index (χ2n) is 7.78. The molecule has 3 rings (SSSR count). The third-order valence-electron chi connectivity index (χ3n) is 4.95. The van der Waals surface area contributed by atoms with Gasteiger partial charge in [-0.3, -0.25) is 9.59 Å². The molecule has 0 bridgehead atoms. The minimum atomic E-state index is -4.61. The number of nitrogens with zero attached hydrogens (tertiary/aromatic N) is 1. The van der Waals surface area contributed by atoms with Crippen LogP contribution in [0.5, 0.6) is 11.5 Å². The van der Waals surface area contributed by atoms with E-state index in [0.29, 0.717) is 0 Å². The van der Waals surface area contributed by atoms with Crippen LogP contribution in [0, 0.1) is 17.1 Å². The van der Waals surface area contributed by atoms with Crippen molar-refractivity contribution in [2.24, 2.45) is 0 Å². The van der Waals surface area contributed by atoms with E-state index in [9.17, 15) is 32.4 Å². The zero-order valence-corrected chi connectivity index (χ0v) is 21.0. The van der Waals surface area contributed by atoms with Crippen molar-refractivity contribution in [1.82, 2.24) is 0 Å². The molecule has 0 aromatic heterocycles. The Morgan fingerprint density at radius 2 is 1.79 bits per heavy atom. The van der Waals surface area contributed by atoms with Gasteiger partial charge in [0.05, 0.1) is 22.9 Å². The molecule has 0 aliphatic heterocycles. The minimum absolute atomic E-state index is 0.00808. The quantitative estimate of drug-likeness (QED) is 0.177. The minimum Gasteiger partial charge on any atom is -0.490 e. The van der Waals surface area contributed by atoms with Gasteiger partial charge < -0.3 is 20.1 Å². The maximum Gasteiger partial charge on any atom is 0.416 e. The van der Waals surface area contributed by atoms with E-state index in [1.807, 2.05) is 0 Å². The number of carbonyl (C=O) groups excluding carboxylic acids is 2. The Morgan fingerprint density at radius 3 is 2.46 bits per heavy atom. The number of alkyl halides is 3. The van der Waals surface area contributed by atoms with Crippen LogP contribution in [-0.2, 0) is 15.8 Å². The number of anilines is 2. The number of nitrogens with one attached hydrogen (secondary N) is 2. The second-order valence-corrected chi connectivity index (χ2v) is 8.19. The maximum absolute atomic E-state index is 13.8. The van der Waals surface area contributed by atoms with Gasteiger partial charge in [0, 0.05) is 5.69 Å². The van der Waals surface area contributed by atoms with Gasteiger partial charge in [0.15, 0.2) is 18.1 Å². The summed E-state index contributed by atoms with van der Waals surface area (Å²) in [7, 11) is 0. The van der Waals surface area contributed by atoms with Crippen molar-refractivity contribution in [1.29, 1.82) is 5.26 Å². The number of para-hydroxylation sites is 1. The van der Waals surface area contributed by atoms with E-state index in [2.05, 4.69) is 10.6 Å². The summed E-state index contributed by atoms with van der Waals surface area (Å²) in [5.41, 5.74) is -1.34. The summed E-state index contributed by atoms with van der Waals surface area (Å²) in [5, 5.41) is 14.1. The third-order valence-corrected chi connectivity index (χ3v) is 5.23. The first kappa shape index (κ1) is 29.0. The van der Waals surface area contributed by atoms with Gasteiger partial charge in [-0.25, -0.2) is 4.39 Å². The molecule has 12 heteroatoms. The molecule has 2 N–H and O–H groups in total. The molecule has 0 saturated carbocycles. The van der Waals surface area contributed by atoms with Crippen LogP contribution >= 0.6 is 11.6 Å². The van der Waals surface area contributed by atoms with E-state index in [1.54, 1.807) is 19.1 Å². The van der Waals surface area contributed by atoms with Crippen LogP contribution in [0.3, 0.4) is 0 Å². The highest BCUT2D eigenvalue weighted by Crippen LogP contribution is 2.37. The lowest BCUT2D eigenvalue weighted by Gasteiger charge is -2.15. The normalized spacial score (nSPS) is 11.4. The predicted octanol–water partition coefficient (Wildman–Crippen LogP) is 6.46. The molecule has 2 amide bonds. The summed E-state index contributed by atoms with van der Waals surface area (Å²) >= 11 is 6.32. The van der Waals surface area contributed by atoms with Crippen LogP contribution in [0.1, 0.15) is 18.1 Å². The molecule has 0 spiro atoms. The fraction of sp³-hybridized carbons (Fsp3) is 0.148. The van der Waals surface area contributed by atoms with Crippen LogP contribution in [0.15, 0.2) is 66.2 Å². The van der Waals surface area contributed by atoms with Gasteiger partial charge in [0.25, 0.3) is 11.8 Å². The van der Waals surface area contributed by atoms with E-state index >= 15 is 0 Å². The Bertz CT molecular complexity index is 1450. The number of carbonyl (C=O) groups is 2. The van der Waals surface area contributed by atoms with Crippen molar-refractivity contribution in [3.63, 3.8) is 0 Å². The molecule has 7 nitrogen and oxygen atoms in total. The van der Waals surface area contributed by atoms with Crippen molar-refractivity contribution in [2.75, 3.05) is 23.8 Å². The molecule has 0 unspecified atom stereocenters. The number of hydrogen-bond donors (Lipinski definition) is 2. The van der Waals surface area contributed by atoms with Gasteiger partial charge in [-0.2, -0.15) is 18.4 Å². The number of benzene rings is 3. The lowest BCUT2D eigenvalue weighted by Crippen LogP contribution is -2.21. The van der Waals surface area contributed by atoms with E-state index in [-0.39, 0.29) is 40.1 Å². The van der Waals surface area contributed by atoms with E-state index in [4.69, 9.17) is 21.1 Å². The average Bonchev–Trinajstić information content (AvgIpc) is 2.88. The predicted molar refractivity (Wildman–Crippen MR) is 137 cm³/mol. The molecule has 0 heterocycles. The van der Waals surface area contributed by atoms with Crippen LogP contribution in [-0.4, -0.2) is 25.0 Å². The first-order valence-corrected chi connectivity index (χ1v) is 11.6. The smallest absolute Gasteiger partial charge is 0.416 e. The van der Waals surface area contributed by atoms with Crippen molar-refractivity contribution < 1.29 is 36.6 Å². The van der Waals surface area contributed by atoms with Gasteiger partial charge in [-0.05, 0) is 61.0 Å². The molecule has 0 aliphatic rings. The first-order chi connectivity index (χ1) is 18.5. The molecule has 0 radical (unpaired) electrons. The number of halogens is 5. The van der Waals surface area contributed by atoms with Gasteiger partial charge in [-0.1, -0.05) is 29.8 Å². The topological polar surface area (TPSA) is 100 Å². The molecule has 0 atom stereocenters. The van der Waals surface area contributed by atoms with Crippen LogP contribution in [0.4, 0.5) is 28.9 Å². The SMILES string of the molecule is CCOc1cc(/C=C(\C#N)C(=O)Nc2cccc(C(F)(F)F)c2)cc(Cl)c1OCC(=O)Nc1ccccc1F. The largest absolute Gasteiger partial charge is 0.490 e. The Balaban J connectivity index is 1.79. The van der Waals surface area contributed by atoms with Crippen LogP contribution in [0.2, 0.25) is 5.02 Å². The monoisotopic (exact) mass is 561 g/mol. The number of nitriles is 1. The summed E-state index contributed by atoms with van der Waals surface area (Å²) in [4.78, 5) is 24.8. The Kier molecular flexibility index (Phi) is 9.52. The molecular formula is C27H20ClF4N3O4. The Hall–Kier alpha value is -4.56. The summed E-state index contributed by atoms with van der Waals surface area (Å²) in [6, 6.07) is 14.0. The van der Waals surface area contributed by atoms with Crippen molar-refractivity contribution in [3.05, 3.63) is 88.2 Å². The molecular weight excluding hydrogens is 542 g/mol.